The number of hydrogen-bond acceptors (Lipinski definition) is 7. The minimum Gasteiger partial charge on any atom is -0.493 e. The number of methoxy groups -OCH3 is 2. The quantitative estimate of drug-likeness (QED) is 0.444. The summed E-state index contributed by atoms with van der Waals surface area (Å²) in [6, 6.07) is 13.9. The van der Waals surface area contributed by atoms with Gasteiger partial charge in [-0.3, -0.25) is 19.9 Å². The summed E-state index contributed by atoms with van der Waals surface area (Å²) in [7, 11) is 2.89. The summed E-state index contributed by atoms with van der Waals surface area (Å²) in [4.78, 5) is 26.9. The van der Waals surface area contributed by atoms with E-state index in [0.29, 0.717) is 17.2 Å². The summed E-state index contributed by atoms with van der Waals surface area (Å²) >= 11 is 0. The molecule has 2 aromatic carbocycles. The van der Waals surface area contributed by atoms with E-state index in [9.17, 15) is 14.9 Å². The maximum Gasteiger partial charge on any atom is 0.310 e. The first-order chi connectivity index (χ1) is 14.5. The third-order valence-electron chi connectivity index (χ3n) is 4.19. The predicted molar refractivity (Wildman–Crippen MR) is 109 cm³/mol. The van der Waals surface area contributed by atoms with Crippen molar-refractivity contribution in [2.24, 2.45) is 0 Å². The first kappa shape index (κ1) is 20.6. The van der Waals surface area contributed by atoms with Crippen molar-refractivity contribution >= 4 is 17.3 Å². The Morgan fingerprint density at radius 3 is 2.37 bits per heavy atom. The van der Waals surface area contributed by atoms with E-state index in [1.54, 1.807) is 0 Å². The zero-order valence-electron chi connectivity index (χ0n) is 16.3. The molecule has 0 saturated carbocycles. The standard InChI is InChI=1S/C21H19N3O6/c1-28-18-10-15(21(25)23-16-8-9-22-12-17(16)24(26)27)11-19(29-2)20(18)30-13-14-6-4-3-5-7-14/h3-12H,13H2,1-2H3,(H,22,23,25). The van der Waals surface area contributed by atoms with Crippen LogP contribution < -0.4 is 19.5 Å². The molecule has 0 unspecified atom stereocenters. The number of aromatic nitrogens is 1. The van der Waals surface area contributed by atoms with Gasteiger partial charge >= 0.3 is 5.69 Å². The molecule has 0 bridgehead atoms. The second-order valence-electron chi connectivity index (χ2n) is 6.09. The number of nitro groups is 1. The smallest absolute Gasteiger partial charge is 0.310 e. The fourth-order valence-corrected chi connectivity index (χ4v) is 2.71. The lowest BCUT2D eigenvalue weighted by molar-refractivity contribution is -0.384. The Kier molecular flexibility index (Phi) is 6.43. The van der Waals surface area contributed by atoms with Gasteiger partial charge in [-0.15, -0.1) is 0 Å². The molecular formula is C21H19N3O6. The van der Waals surface area contributed by atoms with Crippen LogP contribution in [-0.4, -0.2) is 30.0 Å². The SMILES string of the molecule is COc1cc(C(=O)Nc2ccncc2[N+](=O)[O-])cc(OC)c1OCc1ccccc1. The Morgan fingerprint density at radius 2 is 1.77 bits per heavy atom. The molecule has 1 heterocycles. The number of pyridine rings is 1. The molecule has 9 nitrogen and oxygen atoms in total. The summed E-state index contributed by atoms with van der Waals surface area (Å²) in [5, 5.41) is 13.6. The zero-order chi connectivity index (χ0) is 21.5. The molecule has 30 heavy (non-hydrogen) atoms. The monoisotopic (exact) mass is 409 g/mol. The van der Waals surface area contributed by atoms with Gasteiger partial charge in [0.15, 0.2) is 11.5 Å². The molecule has 0 spiro atoms. The fraction of sp³-hybridized carbons (Fsp3) is 0.143. The molecule has 0 aliphatic heterocycles. The minimum absolute atomic E-state index is 0.0299. The fourth-order valence-electron chi connectivity index (χ4n) is 2.71. The van der Waals surface area contributed by atoms with E-state index >= 15 is 0 Å². The van der Waals surface area contributed by atoms with Gasteiger partial charge in [0, 0.05) is 11.8 Å². The lowest BCUT2D eigenvalue weighted by atomic mass is 10.1. The van der Waals surface area contributed by atoms with Gasteiger partial charge in [0.25, 0.3) is 5.91 Å². The van der Waals surface area contributed by atoms with Crippen molar-refractivity contribution < 1.29 is 23.9 Å². The average molecular weight is 409 g/mol. The second kappa shape index (κ2) is 9.37. The summed E-state index contributed by atoms with van der Waals surface area (Å²) in [5.74, 6) is 0.352. The normalized spacial score (nSPS) is 10.2. The van der Waals surface area contributed by atoms with Crippen LogP contribution in [0.3, 0.4) is 0 Å². The molecule has 1 aromatic heterocycles. The van der Waals surface area contributed by atoms with E-state index in [0.717, 1.165) is 11.8 Å². The Bertz CT molecular complexity index is 1030. The molecule has 1 amide bonds. The minimum atomic E-state index is -0.621. The van der Waals surface area contributed by atoms with E-state index in [2.05, 4.69) is 10.3 Å². The van der Waals surface area contributed by atoms with E-state index in [1.165, 1.54) is 38.6 Å². The number of hydrogen-bond donors (Lipinski definition) is 1. The highest BCUT2D eigenvalue weighted by atomic mass is 16.6. The summed E-state index contributed by atoms with van der Waals surface area (Å²) in [6.07, 6.45) is 2.42. The molecule has 3 aromatic rings. The van der Waals surface area contributed by atoms with Crippen molar-refractivity contribution in [3.63, 3.8) is 0 Å². The molecule has 3 rings (SSSR count). The number of nitrogens with zero attached hydrogens (tertiary/aromatic N) is 2. The number of carbonyl (C=O) groups is 1. The van der Waals surface area contributed by atoms with Gasteiger partial charge < -0.3 is 19.5 Å². The molecule has 9 heteroatoms. The second-order valence-corrected chi connectivity index (χ2v) is 6.09. The van der Waals surface area contributed by atoms with Gasteiger partial charge in [-0.2, -0.15) is 0 Å². The largest absolute Gasteiger partial charge is 0.493 e. The molecule has 154 valence electrons. The average Bonchev–Trinajstić information content (AvgIpc) is 2.77. The molecular weight excluding hydrogens is 390 g/mol. The van der Waals surface area contributed by atoms with Crippen LogP contribution in [0.2, 0.25) is 0 Å². The van der Waals surface area contributed by atoms with E-state index in [-0.39, 0.29) is 23.5 Å². The van der Waals surface area contributed by atoms with Crippen LogP contribution in [0.4, 0.5) is 11.4 Å². The van der Waals surface area contributed by atoms with Gasteiger partial charge in [0.1, 0.15) is 18.5 Å². The summed E-state index contributed by atoms with van der Waals surface area (Å²) < 4.78 is 16.6. The van der Waals surface area contributed by atoms with Crippen molar-refractivity contribution in [3.8, 4) is 17.2 Å². The van der Waals surface area contributed by atoms with E-state index < -0.39 is 10.8 Å². The van der Waals surface area contributed by atoms with Crippen molar-refractivity contribution in [1.29, 1.82) is 0 Å². The van der Waals surface area contributed by atoms with Crippen LogP contribution >= 0.6 is 0 Å². The highest BCUT2D eigenvalue weighted by Gasteiger charge is 2.21. The van der Waals surface area contributed by atoms with Gasteiger partial charge in [-0.25, -0.2) is 0 Å². The first-order valence-electron chi connectivity index (χ1n) is 8.86. The van der Waals surface area contributed by atoms with Crippen molar-refractivity contribution in [1.82, 2.24) is 4.98 Å². The highest BCUT2D eigenvalue weighted by molar-refractivity contribution is 6.06. The molecule has 0 radical (unpaired) electrons. The molecule has 0 aliphatic carbocycles. The Balaban J connectivity index is 1.87. The lowest BCUT2D eigenvalue weighted by Crippen LogP contribution is -2.14. The van der Waals surface area contributed by atoms with Crippen LogP contribution in [-0.2, 0) is 6.61 Å². The van der Waals surface area contributed by atoms with Crippen LogP contribution in [0.25, 0.3) is 0 Å². The third kappa shape index (κ3) is 4.64. The van der Waals surface area contributed by atoms with Crippen LogP contribution in [0.5, 0.6) is 17.2 Å². The number of amides is 1. The summed E-state index contributed by atoms with van der Waals surface area (Å²) in [6.45, 7) is 0.280. The number of nitrogens with one attached hydrogen (secondary N) is 1. The third-order valence-corrected chi connectivity index (χ3v) is 4.19. The highest BCUT2D eigenvalue weighted by Crippen LogP contribution is 2.39. The van der Waals surface area contributed by atoms with Crippen molar-refractivity contribution in [2.75, 3.05) is 19.5 Å². The lowest BCUT2D eigenvalue weighted by Gasteiger charge is -2.16. The van der Waals surface area contributed by atoms with Gasteiger partial charge in [0.2, 0.25) is 5.75 Å². The van der Waals surface area contributed by atoms with Gasteiger partial charge in [-0.1, -0.05) is 30.3 Å². The Hall–Kier alpha value is -4.14. The number of carbonyl (C=O) groups excluding carboxylic acids is 1. The number of anilines is 1. The Labute approximate surface area is 172 Å². The summed E-state index contributed by atoms with van der Waals surface area (Å²) in [5.41, 5.74) is 0.852. The molecule has 0 saturated heterocycles. The molecule has 0 fully saturated rings. The van der Waals surface area contributed by atoms with Crippen molar-refractivity contribution in [3.05, 3.63) is 82.2 Å². The van der Waals surface area contributed by atoms with Crippen LogP contribution in [0.15, 0.2) is 60.9 Å². The first-order valence-corrected chi connectivity index (χ1v) is 8.86. The maximum atomic E-state index is 12.7. The number of ether oxygens (including phenoxy) is 3. The Morgan fingerprint density at radius 1 is 1.10 bits per heavy atom. The van der Waals surface area contributed by atoms with Crippen LogP contribution in [0.1, 0.15) is 15.9 Å². The predicted octanol–water partition coefficient (Wildman–Crippen LogP) is 3.84. The van der Waals surface area contributed by atoms with Crippen LogP contribution in [0, 0.1) is 10.1 Å². The molecule has 0 aliphatic rings. The number of benzene rings is 2. The number of rotatable bonds is 8. The van der Waals surface area contributed by atoms with Gasteiger partial charge in [0.05, 0.1) is 19.1 Å². The van der Waals surface area contributed by atoms with Crippen molar-refractivity contribution in [2.45, 2.75) is 6.61 Å². The van der Waals surface area contributed by atoms with E-state index in [1.807, 2.05) is 30.3 Å². The molecule has 0 atom stereocenters. The topological polar surface area (TPSA) is 113 Å². The zero-order valence-corrected chi connectivity index (χ0v) is 16.3. The van der Waals surface area contributed by atoms with E-state index in [4.69, 9.17) is 14.2 Å². The maximum absolute atomic E-state index is 12.7. The van der Waals surface area contributed by atoms with Gasteiger partial charge in [-0.05, 0) is 23.8 Å². The molecule has 1 N–H and O–H groups in total.